The van der Waals surface area contributed by atoms with Crippen LogP contribution in [0.3, 0.4) is 0 Å². The van der Waals surface area contributed by atoms with Gasteiger partial charge in [0.15, 0.2) is 0 Å². The molecule has 0 radical (unpaired) electrons. The zero-order valence-corrected chi connectivity index (χ0v) is 18.2. The summed E-state index contributed by atoms with van der Waals surface area (Å²) in [5.41, 5.74) is 3.38. The second-order valence-corrected chi connectivity index (χ2v) is 8.86. The normalized spacial score (nSPS) is 19.3. The Kier molecular flexibility index (Phi) is 5.71. The van der Waals surface area contributed by atoms with E-state index in [9.17, 15) is 23.1 Å². The van der Waals surface area contributed by atoms with Gasteiger partial charge < -0.3 is 19.7 Å². The monoisotopic (exact) mass is 477 g/mol. The highest BCUT2D eigenvalue weighted by molar-refractivity contribution is 5.94. The molecule has 6 nitrogen and oxygen atoms in total. The van der Waals surface area contributed by atoms with Gasteiger partial charge in [-0.25, -0.2) is 9.37 Å². The number of piperidine rings is 1. The third kappa shape index (κ3) is 4.34. The summed E-state index contributed by atoms with van der Waals surface area (Å²) in [7, 11) is 0. The van der Waals surface area contributed by atoms with Crippen LogP contribution < -0.4 is 4.74 Å². The topological polar surface area (TPSA) is 78.5 Å². The van der Waals surface area contributed by atoms with E-state index in [1.165, 1.54) is 18.3 Å². The number of hydrogen-bond acceptors (Lipinski definition) is 4. The highest BCUT2D eigenvalue weighted by Crippen LogP contribution is 2.39. The van der Waals surface area contributed by atoms with Crippen molar-refractivity contribution >= 4 is 16.9 Å². The van der Waals surface area contributed by atoms with Crippen molar-refractivity contribution in [3.8, 4) is 5.75 Å². The van der Waals surface area contributed by atoms with Crippen LogP contribution in [0.1, 0.15) is 52.4 Å². The zero-order valence-electron chi connectivity index (χ0n) is 18.2. The molecule has 3 heterocycles. The summed E-state index contributed by atoms with van der Waals surface area (Å²) in [6, 6.07) is 4.83. The molecule has 2 aliphatic rings. The Morgan fingerprint density at radius 3 is 2.53 bits per heavy atom. The summed E-state index contributed by atoms with van der Waals surface area (Å²) in [5.74, 6) is -1.19. The van der Waals surface area contributed by atoms with E-state index in [0.29, 0.717) is 56.4 Å². The Labute approximate surface area is 192 Å². The van der Waals surface area contributed by atoms with E-state index in [1.54, 1.807) is 4.90 Å². The Morgan fingerprint density at radius 2 is 1.85 bits per heavy atom. The SMILES string of the molecule is O=C(c1ccc(OC(F)(F)F)cc1)N1CCC(c2c(F)cnc3[nH]c4c(c23)CC(O)CC4)CC1. The van der Waals surface area contributed by atoms with Crippen molar-refractivity contribution in [3.05, 3.63) is 58.7 Å². The number of aliphatic hydroxyl groups excluding tert-OH is 1. The summed E-state index contributed by atoms with van der Waals surface area (Å²) in [6.07, 6.45) is -1.15. The Morgan fingerprint density at radius 1 is 1.15 bits per heavy atom. The average Bonchev–Trinajstić information content (AvgIpc) is 3.16. The predicted octanol–water partition coefficient (Wildman–Crippen LogP) is 4.47. The second-order valence-electron chi connectivity index (χ2n) is 8.86. The maximum atomic E-state index is 15.0. The highest BCUT2D eigenvalue weighted by atomic mass is 19.4. The molecule has 1 unspecified atom stereocenters. The number of alkyl halides is 3. The third-order valence-corrected chi connectivity index (χ3v) is 6.70. The molecule has 1 amide bonds. The number of benzene rings is 1. The summed E-state index contributed by atoms with van der Waals surface area (Å²) < 4.78 is 55.9. The van der Waals surface area contributed by atoms with Gasteiger partial charge in [0.2, 0.25) is 0 Å². The Hall–Kier alpha value is -3.14. The molecular weight excluding hydrogens is 454 g/mol. The number of nitrogens with zero attached hydrogens (tertiary/aromatic N) is 2. The van der Waals surface area contributed by atoms with Crippen molar-refractivity contribution < 1.29 is 32.2 Å². The number of pyridine rings is 1. The zero-order chi connectivity index (χ0) is 24.0. The number of halogens is 4. The fourth-order valence-corrected chi connectivity index (χ4v) is 5.11. The average molecular weight is 477 g/mol. The first-order valence-corrected chi connectivity index (χ1v) is 11.2. The number of carbonyl (C=O) groups is 1. The molecule has 0 saturated carbocycles. The van der Waals surface area contributed by atoms with Gasteiger partial charge in [-0.15, -0.1) is 13.2 Å². The number of amides is 1. The van der Waals surface area contributed by atoms with E-state index in [4.69, 9.17) is 0 Å². The molecule has 180 valence electrons. The minimum Gasteiger partial charge on any atom is -0.406 e. The minimum atomic E-state index is -4.79. The standard InChI is InChI=1S/C24H23F4N3O3/c25-18-12-29-22-21(17-11-15(32)3-6-19(17)30-22)20(18)13-7-9-31(10-8-13)23(33)14-1-4-16(5-2-14)34-24(26,27)28/h1-2,4-5,12-13,15,32H,3,6-11H2,(H,29,30). The summed E-state index contributed by atoms with van der Waals surface area (Å²) in [6.45, 7) is 0.783. The molecule has 1 saturated heterocycles. The number of aliphatic hydroxyl groups is 1. The molecule has 0 spiro atoms. The summed E-state index contributed by atoms with van der Waals surface area (Å²) in [5, 5.41) is 10.9. The number of fused-ring (bicyclic) bond motifs is 3. The van der Waals surface area contributed by atoms with Gasteiger partial charge in [-0.1, -0.05) is 0 Å². The van der Waals surface area contributed by atoms with E-state index < -0.39 is 12.5 Å². The lowest BCUT2D eigenvalue weighted by molar-refractivity contribution is -0.274. The number of hydrogen-bond donors (Lipinski definition) is 2. The molecule has 2 aromatic heterocycles. The number of nitrogens with one attached hydrogen (secondary N) is 1. The van der Waals surface area contributed by atoms with Gasteiger partial charge in [-0.3, -0.25) is 4.79 Å². The van der Waals surface area contributed by atoms with Gasteiger partial charge in [0, 0.05) is 41.7 Å². The van der Waals surface area contributed by atoms with Gasteiger partial charge in [0.25, 0.3) is 5.91 Å². The number of ether oxygens (including phenoxy) is 1. The van der Waals surface area contributed by atoms with E-state index in [0.717, 1.165) is 28.8 Å². The van der Waals surface area contributed by atoms with Gasteiger partial charge >= 0.3 is 6.36 Å². The Balaban J connectivity index is 1.32. The molecule has 1 fully saturated rings. The first kappa shape index (κ1) is 22.6. The van der Waals surface area contributed by atoms with Crippen LogP contribution in [0, 0.1) is 5.82 Å². The number of aromatic amines is 1. The number of likely N-dealkylation sites (tertiary alicyclic amines) is 1. The number of rotatable bonds is 3. The van der Waals surface area contributed by atoms with Crippen molar-refractivity contribution in [2.24, 2.45) is 0 Å². The van der Waals surface area contributed by atoms with Crippen molar-refractivity contribution in [2.75, 3.05) is 13.1 Å². The van der Waals surface area contributed by atoms with Crippen LogP contribution in [0.15, 0.2) is 30.5 Å². The molecule has 1 atom stereocenters. The number of aryl methyl sites for hydroxylation is 1. The summed E-state index contributed by atoms with van der Waals surface area (Å²) >= 11 is 0. The van der Waals surface area contributed by atoms with E-state index >= 15 is 4.39 Å². The maximum Gasteiger partial charge on any atom is 0.573 e. The van der Waals surface area contributed by atoms with Crippen molar-refractivity contribution in [1.29, 1.82) is 0 Å². The molecule has 1 aliphatic heterocycles. The number of H-pyrrole nitrogens is 1. The van der Waals surface area contributed by atoms with Gasteiger partial charge in [0.05, 0.1) is 12.3 Å². The van der Waals surface area contributed by atoms with Crippen LogP contribution in [0.25, 0.3) is 11.0 Å². The summed E-state index contributed by atoms with van der Waals surface area (Å²) in [4.78, 5) is 22.0. The molecule has 1 aromatic carbocycles. The van der Waals surface area contributed by atoms with Crippen LogP contribution in [-0.4, -0.2) is 51.4 Å². The molecule has 1 aliphatic carbocycles. The molecule has 2 N–H and O–H groups in total. The predicted molar refractivity (Wildman–Crippen MR) is 115 cm³/mol. The third-order valence-electron chi connectivity index (χ3n) is 6.70. The van der Waals surface area contributed by atoms with Crippen LogP contribution in [0.5, 0.6) is 5.75 Å². The van der Waals surface area contributed by atoms with Gasteiger partial charge in [0.1, 0.15) is 17.2 Å². The van der Waals surface area contributed by atoms with Gasteiger partial charge in [-0.2, -0.15) is 0 Å². The van der Waals surface area contributed by atoms with E-state index in [-0.39, 0.29) is 29.0 Å². The van der Waals surface area contributed by atoms with Crippen LogP contribution >= 0.6 is 0 Å². The van der Waals surface area contributed by atoms with Crippen molar-refractivity contribution in [1.82, 2.24) is 14.9 Å². The maximum absolute atomic E-state index is 15.0. The molecule has 34 heavy (non-hydrogen) atoms. The first-order valence-electron chi connectivity index (χ1n) is 11.2. The molecule has 10 heteroatoms. The van der Waals surface area contributed by atoms with Crippen LogP contribution in [0.4, 0.5) is 17.6 Å². The second kappa shape index (κ2) is 8.57. The highest BCUT2D eigenvalue weighted by Gasteiger charge is 2.32. The molecule has 0 bridgehead atoms. The Bertz CT molecular complexity index is 1210. The largest absolute Gasteiger partial charge is 0.573 e. The number of carbonyl (C=O) groups excluding carboxylic acids is 1. The van der Waals surface area contributed by atoms with E-state index in [1.807, 2.05) is 0 Å². The smallest absolute Gasteiger partial charge is 0.406 e. The van der Waals surface area contributed by atoms with Crippen molar-refractivity contribution in [3.63, 3.8) is 0 Å². The lowest BCUT2D eigenvalue weighted by atomic mass is 9.84. The number of aromatic nitrogens is 2. The fourth-order valence-electron chi connectivity index (χ4n) is 5.11. The fraction of sp³-hybridized carbons (Fsp3) is 0.417. The van der Waals surface area contributed by atoms with Crippen molar-refractivity contribution in [2.45, 2.75) is 50.5 Å². The van der Waals surface area contributed by atoms with Crippen LogP contribution in [-0.2, 0) is 12.8 Å². The molecular formula is C24H23F4N3O3. The molecule has 5 rings (SSSR count). The lowest BCUT2D eigenvalue weighted by Gasteiger charge is -2.33. The van der Waals surface area contributed by atoms with Crippen LogP contribution in [0.2, 0.25) is 0 Å². The lowest BCUT2D eigenvalue weighted by Crippen LogP contribution is -2.38. The van der Waals surface area contributed by atoms with E-state index in [2.05, 4.69) is 14.7 Å². The van der Waals surface area contributed by atoms with Gasteiger partial charge in [-0.05, 0) is 61.4 Å². The molecule has 3 aromatic rings. The minimum absolute atomic E-state index is 0.115. The first-order chi connectivity index (χ1) is 16.2. The quantitative estimate of drug-likeness (QED) is 0.546.